The Balaban J connectivity index is 1.79. The number of hydrogen-bond donors (Lipinski definition) is 4. The van der Waals surface area contributed by atoms with E-state index in [0.29, 0.717) is 18.7 Å². The van der Waals surface area contributed by atoms with Crippen LogP contribution in [0.1, 0.15) is 24.8 Å². The fraction of sp³-hybridized carbons (Fsp3) is 0.286. The summed E-state index contributed by atoms with van der Waals surface area (Å²) >= 11 is 0. The summed E-state index contributed by atoms with van der Waals surface area (Å²) in [5, 5.41) is 26.9. The fourth-order valence-electron chi connectivity index (χ4n) is 3.55. The Morgan fingerprint density at radius 2 is 2.00 bits per heavy atom. The summed E-state index contributed by atoms with van der Waals surface area (Å²) in [7, 11) is 0. The molecule has 0 saturated carbocycles. The maximum Gasteiger partial charge on any atom is 0.277 e. The molecule has 2 aliphatic heterocycles. The number of pyridine rings is 1. The minimum atomic E-state index is -2.68. The van der Waals surface area contributed by atoms with Gasteiger partial charge in [0.25, 0.3) is 11.8 Å². The van der Waals surface area contributed by atoms with Crippen LogP contribution in [-0.4, -0.2) is 39.5 Å². The van der Waals surface area contributed by atoms with E-state index in [1.807, 2.05) is 0 Å². The highest BCUT2D eigenvalue weighted by Crippen LogP contribution is 2.33. The van der Waals surface area contributed by atoms with E-state index in [0.717, 1.165) is 31.0 Å². The van der Waals surface area contributed by atoms with Crippen molar-refractivity contribution in [1.29, 1.82) is 0 Å². The Kier molecular flexibility index (Phi) is 5.66. The van der Waals surface area contributed by atoms with Gasteiger partial charge in [-0.2, -0.15) is 0 Å². The molecule has 8 nitrogen and oxygen atoms in total. The number of carbonyl (C=O) groups excluding carboxylic acids is 1. The van der Waals surface area contributed by atoms with Gasteiger partial charge in [-0.25, -0.2) is 13.8 Å². The van der Waals surface area contributed by atoms with E-state index in [1.54, 1.807) is 12.1 Å². The van der Waals surface area contributed by atoms with Crippen molar-refractivity contribution in [3.63, 3.8) is 0 Å². The smallest absolute Gasteiger partial charge is 0.277 e. The Hall–Kier alpha value is -3.37. The Morgan fingerprint density at radius 1 is 1.23 bits per heavy atom. The Morgan fingerprint density at radius 3 is 2.65 bits per heavy atom. The molecular weight excluding hydrogens is 410 g/mol. The zero-order valence-electron chi connectivity index (χ0n) is 16.3. The number of anilines is 1. The maximum absolute atomic E-state index is 14.5. The van der Waals surface area contributed by atoms with Crippen molar-refractivity contribution in [1.82, 2.24) is 10.3 Å². The van der Waals surface area contributed by atoms with Crippen LogP contribution in [0.3, 0.4) is 0 Å². The summed E-state index contributed by atoms with van der Waals surface area (Å²) < 4.78 is 34.6. The number of carbonyl (C=O) groups is 1. The molecule has 0 aliphatic carbocycles. The lowest BCUT2D eigenvalue weighted by Gasteiger charge is -2.36. The minimum Gasteiger partial charge on any atom is -0.504 e. The van der Waals surface area contributed by atoms with E-state index in [4.69, 9.17) is 4.74 Å². The van der Waals surface area contributed by atoms with Gasteiger partial charge in [-0.1, -0.05) is 6.07 Å². The molecule has 0 bridgehead atoms. The number of hydrogen-bond acceptors (Lipinski definition) is 7. The molecule has 1 saturated heterocycles. The third kappa shape index (κ3) is 4.12. The molecule has 2 aliphatic rings. The average Bonchev–Trinajstić information content (AvgIpc) is 2.76. The lowest BCUT2D eigenvalue weighted by atomic mass is 9.99. The molecular formula is C21H20F2N4O4. The molecule has 2 unspecified atom stereocenters. The number of aromatic nitrogens is 1. The summed E-state index contributed by atoms with van der Waals surface area (Å²) in [4.78, 5) is 20.6. The number of amides is 1. The molecule has 31 heavy (non-hydrogen) atoms. The predicted molar refractivity (Wildman–Crippen MR) is 107 cm³/mol. The predicted octanol–water partition coefficient (Wildman–Crippen LogP) is 2.48. The molecule has 2 atom stereocenters. The van der Waals surface area contributed by atoms with Crippen molar-refractivity contribution in [3.05, 3.63) is 71.4 Å². The monoisotopic (exact) mass is 430 g/mol. The van der Waals surface area contributed by atoms with Gasteiger partial charge in [-0.05, 0) is 43.5 Å². The van der Waals surface area contributed by atoms with Crippen LogP contribution in [0, 0.1) is 11.6 Å². The highest BCUT2D eigenvalue weighted by Gasteiger charge is 2.44. The molecule has 4 N–H and O–H groups in total. The number of halogens is 2. The van der Waals surface area contributed by atoms with Gasteiger partial charge in [0.05, 0.1) is 23.1 Å². The van der Waals surface area contributed by atoms with Crippen LogP contribution >= 0.6 is 0 Å². The molecule has 1 amide bonds. The first kappa shape index (κ1) is 20.9. The standard InChI is InChI=1S/C21H20F2N4O4/c22-13-6-3-7-14(23)16(13)21(30)26-17(15-8-1-2-10-31-15)19(28)18(27-21)20(29)25-12-5-4-9-24-11-12/h3-7,9,11,15,26,28,30H,1-2,8,10H2,(H,25,29). The molecule has 0 spiro atoms. The summed E-state index contributed by atoms with van der Waals surface area (Å²) in [5.41, 5.74) is -1.17. The van der Waals surface area contributed by atoms with Crippen LogP contribution in [0.5, 0.6) is 0 Å². The number of aliphatic hydroxyl groups excluding tert-OH is 1. The van der Waals surface area contributed by atoms with Crippen LogP contribution < -0.4 is 10.6 Å². The third-order valence-electron chi connectivity index (χ3n) is 5.01. The van der Waals surface area contributed by atoms with E-state index in [1.165, 1.54) is 12.4 Å². The highest BCUT2D eigenvalue weighted by molar-refractivity contribution is 6.48. The van der Waals surface area contributed by atoms with Gasteiger partial charge in [-0.15, -0.1) is 0 Å². The molecule has 2 aromatic rings. The molecule has 4 rings (SSSR count). The lowest BCUT2D eigenvalue weighted by molar-refractivity contribution is -0.110. The molecule has 1 aromatic carbocycles. The van der Waals surface area contributed by atoms with E-state index in [2.05, 4.69) is 20.6 Å². The van der Waals surface area contributed by atoms with Crippen LogP contribution in [0.15, 0.2) is 59.2 Å². The summed E-state index contributed by atoms with van der Waals surface area (Å²) in [6.45, 7) is 0.393. The molecule has 1 fully saturated rings. The zero-order chi connectivity index (χ0) is 22.0. The second-order valence-electron chi connectivity index (χ2n) is 7.17. The van der Waals surface area contributed by atoms with Crippen molar-refractivity contribution in [2.24, 2.45) is 4.99 Å². The normalized spacial score (nSPS) is 23.7. The van der Waals surface area contributed by atoms with Gasteiger partial charge < -0.3 is 25.6 Å². The zero-order valence-corrected chi connectivity index (χ0v) is 16.3. The number of nitrogens with zero attached hydrogens (tertiary/aromatic N) is 2. The van der Waals surface area contributed by atoms with E-state index in [-0.39, 0.29) is 5.70 Å². The molecule has 162 valence electrons. The quantitative estimate of drug-likeness (QED) is 0.592. The van der Waals surface area contributed by atoms with Crippen LogP contribution in [0.25, 0.3) is 0 Å². The number of aliphatic hydroxyl groups is 2. The first-order valence-corrected chi connectivity index (χ1v) is 9.70. The molecule has 1 aromatic heterocycles. The van der Waals surface area contributed by atoms with Crippen molar-refractivity contribution >= 4 is 17.3 Å². The number of nitrogens with one attached hydrogen (secondary N) is 2. The number of benzene rings is 1. The van der Waals surface area contributed by atoms with Gasteiger partial charge in [-0.3, -0.25) is 9.78 Å². The summed E-state index contributed by atoms with van der Waals surface area (Å²) in [5.74, 6) is -6.29. The second kappa shape index (κ2) is 8.40. The lowest BCUT2D eigenvalue weighted by Crippen LogP contribution is -2.51. The third-order valence-corrected chi connectivity index (χ3v) is 5.01. The minimum absolute atomic E-state index is 0.0730. The number of ether oxygens (including phenoxy) is 1. The topological polar surface area (TPSA) is 116 Å². The van der Waals surface area contributed by atoms with Crippen LogP contribution in [-0.2, 0) is 15.4 Å². The van der Waals surface area contributed by atoms with Crippen molar-refractivity contribution in [2.45, 2.75) is 31.2 Å². The molecule has 10 heteroatoms. The first-order chi connectivity index (χ1) is 14.9. The summed E-state index contributed by atoms with van der Waals surface area (Å²) in [6, 6.07) is 6.19. The van der Waals surface area contributed by atoms with Gasteiger partial charge in [0.15, 0.2) is 11.5 Å². The average molecular weight is 430 g/mol. The van der Waals surface area contributed by atoms with E-state index < -0.39 is 46.5 Å². The number of aliphatic imine (C=N–C) groups is 1. The second-order valence-corrected chi connectivity index (χ2v) is 7.17. The SMILES string of the molecule is O=C(Nc1cccnc1)C1=NC(O)(c2c(F)cccc2F)NC(C2CCCCO2)=C1O. The van der Waals surface area contributed by atoms with E-state index in [9.17, 15) is 23.8 Å². The molecule has 0 radical (unpaired) electrons. The van der Waals surface area contributed by atoms with Crippen LogP contribution in [0.2, 0.25) is 0 Å². The van der Waals surface area contributed by atoms with Gasteiger partial charge in [0.1, 0.15) is 17.7 Å². The molecule has 3 heterocycles. The van der Waals surface area contributed by atoms with E-state index >= 15 is 0 Å². The first-order valence-electron chi connectivity index (χ1n) is 9.70. The largest absolute Gasteiger partial charge is 0.504 e. The van der Waals surface area contributed by atoms with Gasteiger partial charge >= 0.3 is 0 Å². The van der Waals surface area contributed by atoms with Crippen molar-refractivity contribution in [3.8, 4) is 0 Å². The maximum atomic E-state index is 14.5. The Bertz CT molecular complexity index is 1030. The fourth-order valence-corrected chi connectivity index (χ4v) is 3.55. The van der Waals surface area contributed by atoms with Crippen LogP contribution in [0.4, 0.5) is 14.5 Å². The number of rotatable bonds is 4. The van der Waals surface area contributed by atoms with Gasteiger partial charge in [0.2, 0.25) is 0 Å². The Labute approximate surface area is 176 Å². The van der Waals surface area contributed by atoms with Crippen molar-refractivity contribution < 1.29 is 28.5 Å². The van der Waals surface area contributed by atoms with Gasteiger partial charge in [0, 0.05) is 12.8 Å². The summed E-state index contributed by atoms with van der Waals surface area (Å²) in [6.07, 6.45) is 4.21. The highest BCUT2D eigenvalue weighted by atomic mass is 19.1. The van der Waals surface area contributed by atoms with Crippen molar-refractivity contribution in [2.75, 3.05) is 11.9 Å².